The van der Waals surface area contributed by atoms with E-state index in [1.165, 1.54) is 0 Å². The minimum Gasteiger partial charge on any atom is -0.361 e. The van der Waals surface area contributed by atoms with Crippen LogP contribution < -0.4 is 5.73 Å². The van der Waals surface area contributed by atoms with Crippen molar-refractivity contribution in [3.63, 3.8) is 0 Å². The molecule has 1 aromatic heterocycles. The van der Waals surface area contributed by atoms with E-state index in [2.05, 4.69) is 4.98 Å². The lowest BCUT2D eigenvalue weighted by Crippen LogP contribution is -2.29. The molecule has 0 radical (unpaired) electrons. The van der Waals surface area contributed by atoms with Crippen molar-refractivity contribution in [3.05, 3.63) is 36.0 Å². The van der Waals surface area contributed by atoms with Gasteiger partial charge in [-0.25, -0.2) is 0 Å². The summed E-state index contributed by atoms with van der Waals surface area (Å²) < 4.78 is 0. The lowest BCUT2D eigenvalue weighted by molar-refractivity contribution is -0.112. The monoisotopic (exact) mass is 258 g/mol. The summed E-state index contributed by atoms with van der Waals surface area (Å²) in [4.78, 5) is 14.0. The molecule has 2 rings (SSSR count). The Morgan fingerprint density at radius 1 is 1.44 bits per heavy atom. The van der Waals surface area contributed by atoms with Crippen molar-refractivity contribution in [1.29, 1.82) is 0 Å². The highest BCUT2D eigenvalue weighted by Gasteiger charge is 2.13. The molecule has 0 aliphatic carbocycles. The Kier molecular flexibility index (Phi) is 4.35. The standard InChI is InChI=1S/C11H11ClN2O.ClH/c12-11(15)9(13)5-7-6-14-10-4-2-1-3-8(7)10;/h1-4,6,9,14H,5,13H2;1H/t9-;/m1./s1. The van der Waals surface area contributed by atoms with E-state index in [1.807, 2.05) is 30.5 Å². The molecular formula is C11H12Cl2N2O. The lowest BCUT2D eigenvalue weighted by atomic mass is 10.1. The van der Waals surface area contributed by atoms with Gasteiger partial charge in [-0.3, -0.25) is 4.79 Å². The van der Waals surface area contributed by atoms with Gasteiger partial charge in [-0.15, -0.1) is 12.4 Å². The first-order chi connectivity index (χ1) is 7.18. The second-order valence-corrected chi connectivity index (χ2v) is 3.85. The van der Waals surface area contributed by atoms with Gasteiger partial charge < -0.3 is 10.7 Å². The third kappa shape index (κ3) is 2.55. The van der Waals surface area contributed by atoms with Crippen molar-refractivity contribution in [1.82, 2.24) is 4.98 Å². The number of nitrogens with two attached hydrogens (primary N) is 1. The van der Waals surface area contributed by atoms with E-state index < -0.39 is 11.3 Å². The van der Waals surface area contributed by atoms with Gasteiger partial charge in [0.05, 0.1) is 6.04 Å². The highest BCUT2D eigenvalue weighted by Crippen LogP contribution is 2.18. The fourth-order valence-electron chi connectivity index (χ4n) is 1.62. The van der Waals surface area contributed by atoms with E-state index in [1.54, 1.807) is 0 Å². The van der Waals surface area contributed by atoms with Crippen LogP contribution in [0, 0.1) is 0 Å². The van der Waals surface area contributed by atoms with Crippen LogP contribution in [0.15, 0.2) is 30.5 Å². The topological polar surface area (TPSA) is 58.9 Å². The maximum Gasteiger partial charge on any atom is 0.238 e. The van der Waals surface area contributed by atoms with E-state index in [0.717, 1.165) is 16.5 Å². The number of carbonyl (C=O) groups excluding carboxylic acids is 1. The second-order valence-electron chi connectivity index (χ2n) is 3.47. The van der Waals surface area contributed by atoms with Gasteiger partial charge in [0.15, 0.2) is 0 Å². The van der Waals surface area contributed by atoms with E-state index in [0.29, 0.717) is 6.42 Å². The van der Waals surface area contributed by atoms with Crippen molar-refractivity contribution < 1.29 is 4.79 Å². The van der Waals surface area contributed by atoms with Gasteiger partial charge in [0.2, 0.25) is 5.24 Å². The molecule has 1 atom stereocenters. The maximum absolute atomic E-state index is 10.8. The lowest BCUT2D eigenvalue weighted by Gasteiger charge is -2.04. The number of para-hydroxylation sites is 1. The molecule has 0 bridgehead atoms. The van der Waals surface area contributed by atoms with Crippen LogP contribution in [-0.4, -0.2) is 16.3 Å². The van der Waals surface area contributed by atoms with Crippen molar-refractivity contribution in [2.45, 2.75) is 12.5 Å². The van der Waals surface area contributed by atoms with E-state index in [-0.39, 0.29) is 12.4 Å². The Hall–Kier alpha value is -1.03. The molecule has 0 unspecified atom stereocenters. The van der Waals surface area contributed by atoms with E-state index in [9.17, 15) is 4.79 Å². The zero-order valence-corrected chi connectivity index (χ0v) is 10.0. The number of aromatic nitrogens is 1. The van der Waals surface area contributed by atoms with Crippen LogP contribution in [0.5, 0.6) is 0 Å². The molecule has 3 N–H and O–H groups in total. The minimum atomic E-state index is -0.633. The van der Waals surface area contributed by atoms with Crippen LogP contribution in [0.3, 0.4) is 0 Å². The average molecular weight is 259 g/mol. The van der Waals surface area contributed by atoms with Gasteiger partial charge in [0.1, 0.15) is 0 Å². The summed E-state index contributed by atoms with van der Waals surface area (Å²) in [6.07, 6.45) is 2.33. The zero-order valence-electron chi connectivity index (χ0n) is 8.44. The predicted octanol–water partition coefficient (Wildman–Crippen LogP) is 2.22. The van der Waals surface area contributed by atoms with Crippen molar-refractivity contribution in [2.24, 2.45) is 5.73 Å². The molecule has 0 fully saturated rings. The van der Waals surface area contributed by atoms with Crippen molar-refractivity contribution in [3.8, 4) is 0 Å². The van der Waals surface area contributed by atoms with Crippen LogP contribution in [0.4, 0.5) is 0 Å². The Bertz CT molecular complexity index is 495. The molecule has 0 saturated heterocycles. The summed E-state index contributed by atoms with van der Waals surface area (Å²) in [5.41, 5.74) is 7.67. The van der Waals surface area contributed by atoms with Crippen molar-refractivity contribution in [2.75, 3.05) is 0 Å². The van der Waals surface area contributed by atoms with E-state index in [4.69, 9.17) is 17.3 Å². The largest absolute Gasteiger partial charge is 0.361 e. The third-order valence-corrected chi connectivity index (χ3v) is 2.69. The summed E-state index contributed by atoms with van der Waals surface area (Å²) in [5.74, 6) is 0. The SMILES string of the molecule is Cl.N[C@H](Cc1c[nH]c2ccccc12)C(=O)Cl. The normalized spacial score (nSPS) is 12.1. The molecule has 0 amide bonds. The first kappa shape index (κ1) is 13.0. The van der Waals surface area contributed by atoms with Gasteiger partial charge in [-0.1, -0.05) is 18.2 Å². The number of carbonyl (C=O) groups is 1. The number of rotatable bonds is 3. The minimum absolute atomic E-state index is 0. The van der Waals surface area contributed by atoms with Gasteiger partial charge in [0, 0.05) is 17.1 Å². The Balaban J connectivity index is 0.00000128. The number of hydrogen-bond acceptors (Lipinski definition) is 2. The summed E-state index contributed by atoms with van der Waals surface area (Å²) in [6, 6.07) is 7.24. The quantitative estimate of drug-likeness (QED) is 0.830. The van der Waals surface area contributed by atoms with Crippen LogP contribution >= 0.6 is 24.0 Å². The van der Waals surface area contributed by atoms with Gasteiger partial charge >= 0.3 is 0 Å². The van der Waals surface area contributed by atoms with Crippen LogP contribution in [0.2, 0.25) is 0 Å². The third-order valence-electron chi connectivity index (χ3n) is 2.41. The molecule has 5 heteroatoms. The van der Waals surface area contributed by atoms with Crippen LogP contribution in [-0.2, 0) is 11.2 Å². The van der Waals surface area contributed by atoms with Gasteiger partial charge in [-0.2, -0.15) is 0 Å². The summed E-state index contributed by atoms with van der Waals surface area (Å²) in [7, 11) is 0. The molecule has 0 aliphatic heterocycles. The predicted molar refractivity (Wildman–Crippen MR) is 68.1 cm³/mol. The number of halogens is 2. The Morgan fingerprint density at radius 3 is 2.81 bits per heavy atom. The Labute approximate surface area is 104 Å². The molecule has 86 valence electrons. The average Bonchev–Trinajstić information content (AvgIpc) is 2.62. The number of hydrogen-bond donors (Lipinski definition) is 2. The summed E-state index contributed by atoms with van der Waals surface area (Å²) in [5, 5.41) is 0.589. The molecule has 0 saturated carbocycles. The summed E-state index contributed by atoms with van der Waals surface area (Å²) >= 11 is 5.32. The molecule has 16 heavy (non-hydrogen) atoms. The second kappa shape index (κ2) is 5.34. The van der Waals surface area contributed by atoms with Gasteiger partial charge in [0.25, 0.3) is 0 Å². The first-order valence-corrected chi connectivity index (χ1v) is 5.06. The maximum atomic E-state index is 10.8. The number of H-pyrrole nitrogens is 1. The molecule has 0 spiro atoms. The van der Waals surface area contributed by atoms with Gasteiger partial charge in [-0.05, 0) is 29.7 Å². The highest BCUT2D eigenvalue weighted by molar-refractivity contribution is 6.64. The zero-order chi connectivity index (χ0) is 10.8. The molecule has 1 heterocycles. The summed E-state index contributed by atoms with van der Waals surface area (Å²) in [6.45, 7) is 0. The Morgan fingerprint density at radius 2 is 2.12 bits per heavy atom. The fraction of sp³-hybridized carbons (Fsp3) is 0.182. The molecule has 1 aromatic carbocycles. The van der Waals surface area contributed by atoms with Crippen LogP contribution in [0.1, 0.15) is 5.56 Å². The molecule has 2 aromatic rings. The molecular weight excluding hydrogens is 247 g/mol. The number of nitrogens with one attached hydrogen (secondary N) is 1. The van der Waals surface area contributed by atoms with Crippen molar-refractivity contribution >= 4 is 40.2 Å². The number of aromatic amines is 1. The molecule has 0 aliphatic rings. The highest BCUT2D eigenvalue weighted by atomic mass is 35.5. The fourth-order valence-corrected chi connectivity index (χ4v) is 1.69. The number of fused-ring (bicyclic) bond motifs is 1. The smallest absolute Gasteiger partial charge is 0.238 e. The molecule has 3 nitrogen and oxygen atoms in total. The first-order valence-electron chi connectivity index (χ1n) is 4.68. The van der Waals surface area contributed by atoms with E-state index >= 15 is 0 Å². The van der Waals surface area contributed by atoms with Crippen LogP contribution in [0.25, 0.3) is 10.9 Å². The number of benzene rings is 1.